The minimum Gasteiger partial charge on any atom is -0.481 e. The highest BCUT2D eigenvalue weighted by molar-refractivity contribution is 7.92. The number of carbonyl (C=O) groups is 2. The molecule has 0 spiro atoms. The predicted octanol–water partition coefficient (Wildman–Crippen LogP) is 0.172. The molecule has 112 valence electrons. The van der Waals surface area contributed by atoms with Gasteiger partial charge in [-0.1, -0.05) is 6.92 Å². The van der Waals surface area contributed by atoms with Gasteiger partial charge in [-0.2, -0.15) is 0 Å². The molecule has 2 N–H and O–H groups in total. The Morgan fingerprint density at radius 3 is 2.21 bits per heavy atom. The molecule has 0 aliphatic carbocycles. The first-order valence-electron chi connectivity index (χ1n) is 5.80. The van der Waals surface area contributed by atoms with Crippen molar-refractivity contribution in [2.75, 3.05) is 26.4 Å². The zero-order chi connectivity index (χ0) is 15.4. The lowest BCUT2D eigenvalue weighted by atomic mass is 10.2. The van der Waals surface area contributed by atoms with Crippen LogP contribution in [-0.2, 0) is 14.6 Å². The van der Waals surface area contributed by atoms with Crippen LogP contribution in [0.2, 0.25) is 0 Å². The normalized spacial score (nSPS) is 13.7. The summed E-state index contributed by atoms with van der Waals surface area (Å²) in [6, 6.07) is -0.496. The molecular formula is C11H22N2O5S. The molecule has 0 saturated heterocycles. The highest BCUT2D eigenvalue weighted by atomic mass is 32.2. The first kappa shape index (κ1) is 17.7. The van der Waals surface area contributed by atoms with Gasteiger partial charge in [-0.3, -0.25) is 4.79 Å². The Hall–Kier alpha value is -1.31. The number of rotatable bonds is 6. The van der Waals surface area contributed by atoms with Gasteiger partial charge < -0.3 is 15.3 Å². The van der Waals surface area contributed by atoms with Crippen LogP contribution in [0.4, 0.5) is 4.79 Å². The van der Waals surface area contributed by atoms with E-state index in [1.54, 1.807) is 0 Å². The average Bonchev–Trinajstić information content (AvgIpc) is 2.23. The molecule has 19 heavy (non-hydrogen) atoms. The largest absolute Gasteiger partial charge is 0.481 e. The van der Waals surface area contributed by atoms with Crippen molar-refractivity contribution in [3.05, 3.63) is 0 Å². The van der Waals surface area contributed by atoms with Crippen molar-refractivity contribution < 1.29 is 23.1 Å². The van der Waals surface area contributed by atoms with Crippen molar-refractivity contribution in [3.63, 3.8) is 0 Å². The van der Waals surface area contributed by atoms with Crippen LogP contribution in [0.5, 0.6) is 0 Å². The van der Waals surface area contributed by atoms with Crippen LogP contribution in [0.1, 0.15) is 20.8 Å². The summed E-state index contributed by atoms with van der Waals surface area (Å²) in [5.74, 6) is -1.67. The van der Waals surface area contributed by atoms with Crippen molar-refractivity contribution in [2.45, 2.75) is 25.5 Å². The molecule has 2 amide bonds. The third-order valence-corrected chi connectivity index (χ3v) is 5.14. The molecule has 0 fully saturated rings. The highest BCUT2D eigenvalue weighted by Crippen LogP contribution is 2.13. The van der Waals surface area contributed by atoms with Crippen LogP contribution in [0.3, 0.4) is 0 Å². The third-order valence-electron chi connectivity index (χ3n) is 2.99. The average molecular weight is 294 g/mol. The maximum atomic E-state index is 11.7. The van der Waals surface area contributed by atoms with E-state index in [-0.39, 0.29) is 13.1 Å². The fraction of sp³-hybridized carbons (Fsp3) is 0.818. The second kappa shape index (κ2) is 6.23. The quantitative estimate of drug-likeness (QED) is 0.727. The Bertz CT molecular complexity index is 444. The zero-order valence-corrected chi connectivity index (χ0v) is 12.7. The number of nitrogens with one attached hydrogen (secondary N) is 1. The maximum absolute atomic E-state index is 11.7. The Morgan fingerprint density at radius 2 is 1.84 bits per heavy atom. The summed E-state index contributed by atoms with van der Waals surface area (Å²) in [6.45, 7) is 4.55. The van der Waals surface area contributed by atoms with Crippen LogP contribution >= 0.6 is 0 Å². The number of aliphatic carboxylic acids is 1. The van der Waals surface area contributed by atoms with E-state index >= 15 is 0 Å². The minimum absolute atomic E-state index is 0.0313. The van der Waals surface area contributed by atoms with Gasteiger partial charge in [0.15, 0.2) is 9.84 Å². The predicted molar refractivity (Wildman–Crippen MR) is 71.8 cm³/mol. The van der Waals surface area contributed by atoms with Gasteiger partial charge in [0, 0.05) is 26.4 Å². The number of urea groups is 1. The van der Waals surface area contributed by atoms with E-state index in [9.17, 15) is 18.0 Å². The topological polar surface area (TPSA) is 104 Å². The molecule has 0 radical (unpaired) electrons. The molecule has 0 bridgehead atoms. The first-order valence-corrected chi connectivity index (χ1v) is 7.69. The number of carboxylic acid groups (broad SMARTS) is 1. The van der Waals surface area contributed by atoms with Crippen LogP contribution < -0.4 is 5.32 Å². The minimum atomic E-state index is -3.29. The molecular weight excluding hydrogens is 272 g/mol. The van der Waals surface area contributed by atoms with Crippen LogP contribution in [-0.4, -0.2) is 61.6 Å². The van der Waals surface area contributed by atoms with E-state index in [1.165, 1.54) is 32.7 Å². The summed E-state index contributed by atoms with van der Waals surface area (Å²) in [4.78, 5) is 23.6. The summed E-state index contributed by atoms with van der Waals surface area (Å²) in [7, 11) is -1.83. The van der Waals surface area contributed by atoms with Gasteiger partial charge in [0.25, 0.3) is 0 Å². The van der Waals surface area contributed by atoms with Crippen LogP contribution in [0.25, 0.3) is 0 Å². The smallest absolute Gasteiger partial charge is 0.317 e. The molecule has 0 aromatic rings. The van der Waals surface area contributed by atoms with Crippen molar-refractivity contribution in [2.24, 2.45) is 5.92 Å². The number of carbonyl (C=O) groups excluding carboxylic acids is 1. The first-order chi connectivity index (χ1) is 8.38. The zero-order valence-electron chi connectivity index (χ0n) is 11.9. The molecule has 0 rings (SSSR count). The Balaban J connectivity index is 4.44. The van der Waals surface area contributed by atoms with Gasteiger partial charge in [-0.15, -0.1) is 0 Å². The van der Waals surface area contributed by atoms with E-state index in [2.05, 4.69) is 5.32 Å². The number of carboxylic acids is 1. The molecule has 0 aromatic carbocycles. The highest BCUT2D eigenvalue weighted by Gasteiger charge is 2.31. The third kappa shape index (κ3) is 5.46. The number of nitrogens with zero attached hydrogens (tertiary/aromatic N) is 1. The molecule has 0 saturated carbocycles. The van der Waals surface area contributed by atoms with Crippen molar-refractivity contribution in [1.29, 1.82) is 0 Å². The van der Waals surface area contributed by atoms with E-state index in [4.69, 9.17) is 5.11 Å². The molecule has 0 aliphatic heterocycles. The molecule has 0 aromatic heterocycles. The van der Waals surface area contributed by atoms with E-state index in [0.717, 1.165) is 6.26 Å². The lowest BCUT2D eigenvalue weighted by molar-refractivity contribution is -0.141. The van der Waals surface area contributed by atoms with Gasteiger partial charge >= 0.3 is 12.0 Å². The Morgan fingerprint density at radius 1 is 1.37 bits per heavy atom. The molecule has 0 heterocycles. The van der Waals surface area contributed by atoms with Gasteiger partial charge in [-0.25, -0.2) is 13.2 Å². The van der Waals surface area contributed by atoms with Crippen molar-refractivity contribution >= 4 is 21.8 Å². The monoisotopic (exact) mass is 294 g/mol. The fourth-order valence-electron chi connectivity index (χ4n) is 1.13. The van der Waals surface area contributed by atoms with E-state index < -0.39 is 32.5 Å². The molecule has 8 heteroatoms. The van der Waals surface area contributed by atoms with Gasteiger partial charge in [0.1, 0.15) is 0 Å². The summed E-state index contributed by atoms with van der Waals surface area (Å²) < 4.78 is 21.9. The maximum Gasteiger partial charge on any atom is 0.317 e. The summed E-state index contributed by atoms with van der Waals surface area (Å²) in [5.41, 5.74) is 0. The van der Waals surface area contributed by atoms with Crippen molar-refractivity contribution in [1.82, 2.24) is 10.2 Å². The molecule has 1 atom stereocenters. The number of hydrogen-bond acceptors (Lipinski definition) is 4. The number of sulfone groups is 1. The lowest BCUT2D eigenvalue weighted by Gasteiger charge is -2.25. The molecule has 0 aliphatic rings. The van der Waals surface area contributed by atoms with Crippen LogP contribution in [0.15, 0.2) is 0 Å². The second-order valence-electron chi connectivity index (χ2n) is 5.31. The number of hydrogen-bond donors (Lipinski definition) is 2. The second-order valence-corrected chi connectivity index (χ2v) is 7.96. The van der Waals surface area contributed by atoms with Gasteiger partial charge in [0.05, 0.1) is 10.7 Å². The number of amides is 2. The molecule has 1 unspecified atom stereocenters. The fourth-order valence-corrected chi connectivity index (χ4v) is 1.46. The standard InChI is InChI=1S/C11H22N2O5S/c1-8(9(14)15)6-13(4)10(16)12-7-11(2,3)19(5,17)18/h8H,6-7H2,1-5H3,(H,12,16)(H,14,15). The van der Waals surface area contributed by atoms with Gasteiger partial charge in [0.2, 0.25) is 0 Å². The van der Waals surface area contributed by atoms with E-state index in [0.29, 0.717) is 0 Å². The summed E-state index contributed by atoms with van der Waals surface area (Å²) in [5, 5.41) is 11.2. The SMILES string of the molecule is CC(CN(C)C(=O)NCC(C)(C)S(C)(=O)=O)C(=O)O. The Labute approximate surface area is 113 Å². The van der Waals surface area contributed by atoms with Crippen LogP contribution in [0, 0.1) is 5.92 Å². The van der Waals surface area contributed by atoms with Crippen molar-refractivity contribution in [3.8, 4) is 0 Å². The van der Waals surface area contributed by atoms with E-state index in [1.807, 2.05) is 0 Å². The molecule has 7 nitrogen and oxygen atoms in total. The lowest BCUT2D eigenvalue weighted by Crippen LogP contribution is -2.48. The summed E-state index contributed by atoms with van der Waals surface area (Å²) >= 11 is 0. The van der Waals surface area contributed by atoms with Gasteiger partial charge in [-0.05, 0) is 13.8 Å². The Kier molecular flexibility index (Phi) is 5.80. The summed E-state index contributed by atoms with van der Waals surface area (Å²) in [6.07, 6.45) is 1.11.